The molecule has 4 rings (SSSR count). The molecule has 2 aliphatic rings. The third-order valence-corrected chi connectivity index (χ3v) is 6.12. The van der Waals surface area contributed by atoms with E-state index >= 15 is 0 Å². The van der Waals surface area contributed by atoms with Crippen LogP contribution in [-0.2, 0) is 6.54 Å². The molecule has 2 N–H and O–H groups in total. The summed E-state index contributed by atoms with van der Waals surface area (Å²) in [6, 6.07) is 13.3. The minimum atomic E-state index is 0.175. The van der Waals surface area contributed by atoms with E-state index in [0.717, 1.165) is 30.4 Å². The highest BCUT2D eigenvalue weighted by atomic mass is 15.2. The zero-order valence-electron chi connectivity index (χ0n) is 18.3. The number of aromatic nitrogens is 1. The van der Waals surface area contributed by atoms with Gasteiger partial charge in [0, 0.05) is 51.7 Å². The second kappa shape index (κ2) is 9.83. The van der Waals surface area contributed by atoms with Crippen LogP contribution in [0.5, 0.6) is 0 Å². The molecule has 2 saturated heterocycles. The molecule has 2 aromatic rings. The summed E-state index contributed by atoms with van der Waals surface area (Å²) in [4.78, 5) is 13.9. The number of benzene rings is 1. The quantitative estimate of drug-likeness (QED) is 0.566. The smallest absolute Gasteiger partial charge is 0.191 e. The predicted octanol–water partition coefficient (Wildman–Crippen LogP) is 3.71. The van der Waals surface area contributed by atoms with Crippen molar-refractivity contribution in [2.24, 2.45) is 4.99 Å². The molecule has 0 saturated carbocycles. The Balaban J connectivity index is 1.31. The van der Waals surface area contributed by atoms with E-state index in [1.165, 1.54) is 50.0 Å². The Hall–Kier alpha value is -2.76. The van der Waals surface area contributed by atoms with E-state index in [1.54, 1.807) is 0 Å². The monoisotopic (exact) mass is 406 g/mol. The molecule has 160 valence electrons. The summed E-state index contributed by atoms with van der Waals surface area (Å²) >= 11 is 0. The molecule has 0 amide bonds. The van der Waals surface area contributed by atoms with Gasteiger partial charge in [0.25, 0.3) is 0 Å². The van der Waals surface area contributed by atoms with Crippen LogP contribution < -0.4 is 20.4 Å². The molecule has 1 unspecified atom stereocenters. The maximum Gasteiger partial charge on any atom is 0.191 e. The Bertz CT molecular complexity index is 835. The number of aliphatic imine (C=N–C) groups is 1. The summed E-state index contributed by atoms with van der Waals surface area (Å²) in [7, 11) is 1.82. The molecule has 1 aromatic heterocycles. The Labute approximate surface area is 180 Å². The van der Waals surface area contributed by atoms with Gasteiger partial charge in [-0.1, -0.05) is 18.2 Å². The van der Waals surface area contributed by atoms with Crippen LogP contribution in [0, 0.1) is 0 Å². The molecule has 1 atom stereocenters. The minimum absolute atomic E-state index is 0.175. The Kier molecular flexibility index (Phi) is 6.72. The molecule has 0 spiro atoms. The second-order valence-corrected chi connectivity index (χ2v) is 8.30. The number of guanidine groups is 1. The van der Waals surface area contributed by atoms with E-state index in [-0.39, 0.29) is 6.04 Å². The molecule has 2 fully saturated rings. The first kappa shape index (κ1) is 20.5. The fourth-order valence-corrected chi connectivity index (χ4v) is 4.29. The van der Waals surface area contributed by atoms with Gasteiger partial charge in [-0.25, -0.2) is 4.98 Å². The number of rotatable bonds is 6. The molecule has 2 aliphatic heterocycles. The summed E-state index contributed by atoms with van der Waals surface area (Å²) < 4.78 is 0. The molecule has 1 aromatic carbocycles. The highest BCUT2D eigenvalue weighted by Gasteiger charge is 2.15. The van der Waals surface area contributed by atoms with Crippen LogP contribution in [0.3, 0.4) is 0 Å². The number of hydrogen-bond acceptors (Lipinski definition) is 4. The third-order valence-electron chi connectivity index (χ3n) is 6.12. The zero-order chi connectivity index (χ0) is 20.8. The largest absolute Gasteiger partial charge is 0.372 e. The number of nitrogens with one attached hydrogen (secondary N) is 2. The summed E-state index contributed by atoms with van der Waals surface area (Å²) in [6.07, 6.45) is 7.10. The minimum Gasteiger partial charge on any atom is -0.372 e. The third kappa shape index (κ3) is 5.04. The summed E-state index contributed by atoms with van der Waals surface area (Å²) in [6.45, 7) is 7.46. The maximum absolute atomic E-state index is 4.64. The summed E-state index contributed by atoms with van der Waals surface area (Å²) in [5, 5.41) is 6.94. The van der Waals surface area contributed by atoms with E-state index < -0.39 is 0 Å². The lowest BCUT2D eigenvalue weighted by molar-refractivity contribution is 0.684. The highest BCUT2D eigenvalue weighted by molar-refractivity contribution is 5.80. The Morgan fingerprint density at radius 2 is 1.77 bits per heavy atom. The van der Waals surface area contributed by atoms with E-state index in [2.05, 4.69) is 73.7 Å². The van der Waals surface area contributed by atoms with Crippen molar-refractivity contribution in [1.82, 2.24) is 15.6 Å². The lowest BCUT2D eigenvalue weighted by Crippen LogP contribution is -2.38. The highest BCUT2D eigenvalue weighted by Crippen LogP contribution is 2.24. The van der Waals surface area contributed by atoms with Crippen molar-refractivity contribution in [3.05, 3.63) is 53.7 Å². The van der Waals surface area contributed by atoms with Gasteiger partial charge in [0.05, 0.1) is 6.04 Å². The topological polar surface area (TPSA) is 55.8 Å². The molecular formula is C24H34N6. The predicted molar refractivity (Wildman–Crippen MR) is 125 cm³/mol. The molecular weight excluding hydrogens is 372 g/mol. The molecule has 6 nitrogen and oxygen atoms in total. The van der Waals surface area contributed by atoms with Crippen LogP contribution in [0.15, 0.2) is 47.6 Å². The van der Waals surface area contributed by atoms with Crippen LogP contribution in [-0.4, -0.2) is 44.2 Å². The van der Waals surface area contributed by atoms with Gasteiger partial charge in [0.1, 0.15) is 5.82 Å². The van der Waals surface area contributed by atoms with Gasteiger partial charge in [-0.2, -0.15) is 0 Å². The lowest BCUT2D eigenvalue weighted by atomic mass is 10.1. The Morgan fingerprint density at radius 1 is 1.03 bits per heavy atom. The molecule has 0 aliphatic carbocycles. The van der Waals surface area contributed by atoms with Crippen LogP contribution in [0.4, 0.5) is 11.5 Å². The van der Waals surface area contributed by atoms with Crippen molar-refractivity contribution < 1.29 is 0 Å². The number of hydrogen-bond donors (Lipinski definition) is 2. The van der Waals surface area contributed by atoms with Crippen molar-refractivity contribution in [2.75, 3.05) is 43.0 Å². The molecule has 0 bridgehead atoms. The number of pyridine rings is 1. The van der Waals surface area contributed by atoms with E-state index in [4.69, 9.17) is 0 Å². The lowest BCUT2D eigenvalue weighted by Gasteiger charge is -2.22. The van der Waals surface area contributed by atoms with Gasteiger partial charge in [-0.15, -0.1) is 0 Å². The summed E-state index contributed by atoms with van der Waals surface area (Å²) in [5.74, 6) is 1.89. The van der Waals surface area contributed by atoms with Crippen molar-refractivity contribution in [1.29, 1.82) is 0 Å². The average Bonchev–Trinajstić information content (AvgIpc) is 3.51. The maximum atomic E-state index is 4.64. The number of anilines is 2. The van der Waals surface area contributed by atoms with Crippen molar-refractivity contribution in [3.8, 4) is 0 Å². The van der Waals surface area contributed by atoms with Crippen LogP contribution >= 0.6 is 0 Å². The van der Waals surface area contributed by atoms with Gasteiger partial charge >= 0.3 is 0 Å². The Morgan fingerprint density at radius 3 is 2.43 bits per heavy atom. The standard InChI is InChI=1S/C24H34N6/c1-19(21-8-7-9-22(16-21)29-12-3-4-13-29)28-24(25-2)27-18-20-10-11-23(26-17-20)30-14-5-6-15-30/h7-11,16-17,19H,3-6,12-15,18H2,1-2H3,(H2,25,27,28). The fraction of sp³-hybridized carbons (Fsp3) is 0.500. The van der Waals surface area contributed by atoms with E-state index in [0.29, 0.717) is 6.54 Å². The van der Waals surface area contributed by atoms with Gasteiger partial charge in [0.2, 0.25) is 0 Å². The second-order valence-electron chi connectivity index (χ2n) is 8.30. The van der Waals surface area contributed by atoms with Gasteiger partial charge in [-0.3, -0.25) is 4.99 Å². The van der Waals surface area contributed by atoms with Gasteiger partial charge in [-0.05, 0) is 61.9 Å². The normalized spacial score (nSPS) is 18.0. The molecule has 6 heteroatoms. The molecule has 30 heavy (non-hydrogen) atoms. The molecule has 3 heterocycles. The van der Waals surface area contributed by atoms with Crippen molar-refractivity contribution in [2.45, 2.75) is 45.2 Å². The summed E-state index contributed by atoms with van der Waals surface area (Å²) in [5.41, 5.74) is 3.76. The van der Waals surface area contributed by atoms with Crippen LogP contribution in [0.1, 0.15) is 49.8 Å². The van der Waals surface area contributed by atoms with Crippen LogP contribution in [0.2, 0.25) is 0 Å². The van der Waals surface area contributed by atoms with E-state index in [9.17, 15) is 0 Å². The van der Waals surface area contributed by atoms with Gasteiger partial charge < -0.3 is 20.4 Å². The first-order chi connectivity index (χ1) is 14.7. The number of nitrogens with zero attached hydrogens (tertiary/aromatic N) is 4. The van der Waals surface area contributed by atoms with E-state index in [1.807, 2.05) is 13.2 Å². The fourth-order valence-electron chi connectivity index (χ4n) is 4.29. The molecule has 0 radical (unpaired) electrons. The van der Waals surface area contributed by atoms with Gasteiger partial charge in [0.15, 0.2) is 5.96 Å². The van der Waals surface area contributed by atoms with Crippen molar-refractivity contribution in [3.63, 3.8) is 0 Å². The first-order valence-corrected chi connectivity index (χ1v) is 11.2. The van der Waals surface area contributed by atoms with Crippen LogP contribution in [0.25, 0.3) is 0 Å². The SMILES string of the molecule is CN=C(NCc1ccc(N2CCCC2)nc1)NC(C)c1cccc(N2CCCC2)c1. The first-order valence-electron chi connectivity index (χ1n) is 11.2. The average molecular weight is 407 g/mol. The zero-order valence-corrected chi connectivity index (χ0v) is 18.3. The van der Waals surface area contributed by atoms with Crippen molar-refractivity contribution >= 4 is 17.5 Å².